The van der Waals surface area contributed by atoms with Crippen LogP contribution in [0.2, 0.25) is 0 Å². The van der Waals surface area contributed by atoms with E-state index in [2.05, 4.69) is 21.2 Å². The van der Waals surface area contributed by atoms with E-state index in [1.54, 1.807) is 36.3 Å². The zero-order valence-corrected chi connectivity index (χ0v) is 22.7. The van der Waals surface area contributed by atoms with Gasteiger partial charge >= 0.3 is 0 Å². The van der Waals surface area contributed by atoms with Gasteiger partial charge in [-0.05, 0) is 60.4 Å². The summed E-state index contributed by atoms with van der Waals surface area (Å²) in [5, 5.41) is 3.22. The number of nitrogens with zero attached hydrogens (tertiary/aromatic N) is 1. The Morgan fingerprint density at radius 1 is 0.919 bits per heavy atom. The summed E-state index contributed by atoms with van der Waals surface area (Å²) in [7, 11) is 1.60. The second-order valence-electron chi connectivity index (χ2n) is 9.31. The van der Waals surface area contributed by atoms with Crippen LogP contribution in [-0.2, 0) is 22.6 Å². The molecule has 6 nitrogen and oxygen atoms in total. The topological polar surface area (TPSA) is 67.9 Å². The molecule has 0 bridgehead atoms. The molecule has 1 fully saturated rings. The molecular weight excluding hydrogens is 532 g/mol. The van der Waals surface area contributed by atoms with Gasteiger partial charge in [0.15, 0.2) is 6.61 Å². The molecular formula is C30H33BrN2O4. The molecule has 0 saturated heterocycles. The third-order valence-electron chi connectivity index (χ3n) is 6.66. The van der Waals surface area contributed by atoms with Gasteiger partial charge in [-0.3, -0.25) is 9.59 Å². The van der Waals surface area contributed by atoms with E-state index >= 15 is 0 Å². The van der Waals surface area contributed by atoms with Gasteiger partial charge in [-0.25, -0.2) is 0 Å². The lowest BCUT2D eigenvalue weighted by atomic mass is 10.0. The highest BCUT2D eigenvalue weighted by Crippen LogP contribution is 2.21. The molecule has 7 heteroatoms. The maximum Gasteiger partial charge on any atom is 0.261 e. The summed E-state index contributed by atoms with van der Waals surface area (Å²) < 4.78 is 12.0. The molecule has 0 aliphatic heterocycles. The van der Waals surface area contributed by atoms with Gasteiger partial charge in [0.25, 0.3) is 5.91 Å². The molecule has 1 aliphatic rings. The molecule has 0 aromatic heterocycles. The normalized spacial score (nSPS) is 14.1. The number of rotatable bonds is 11. The Bertz CT molecular complexity index is 1150. The van der Waals surface area contributed by atoms with Crippen molar-refractivity contribution in [2.45, 2.75) is 50.7 Å². The number of methoxy groups -OCH3 is 1. The molecule has 2 amide bonds. The summed E-state index contributed by atoms with van der Waals surface area (Å²) >= 11 is 3.47. The fourth-order valence-corrected chi connectivity index (χ4v) is 4.87. The van der Waals surface area contributed by atoms with E-state index in [1.165, 1.54) is 0 Å². The van der Waals surface area contributed by atoms with E-state index in [1.807, 2.05) is 54.6 Å². The maximum absolute atomic E-state index is 13.7. The number of carbonyl (C=O) groups excluding carboxylic acids is 2. The van der Waals surface area contributed by atoms with Crippen LogP contribution in [0.25, 0.3) is 0 Å². The van der Waals surface area contributed by atoms with Gasteiger partial charge in [-0.15, -0.1) is 0 Å². The van der Waals surface area contributed by atoms with E-state index in [-0.39, 0.29) is 24.5 Å². The Hall–Kier alpha value is -3.32. The van der Waals surface area contributed by atoms with E-state index in [0.29, 0.717) is 24.5 Å². The largest absolute Gasteiger partial charge is 0.497 e. The van der Waals surface area contributed by atoms with E-state index in [4.69, 9.17) is 9.47 Å². The molecule has 0 spiro atoms. The molecule has 1 saturated carbocycles. The van der Waals surface area contributed by atoms with Gasteiger partial charge in [0, 0.05) is 23.5 Å². The lowest BCUT2D eigenvalue weighted by molar-refractivity contribution is -0.143. The molecule has 0 radical (unpaired) electrons. The average Bonchev–Trinajstić information content (AvgIpc) is 3.44. The minimum Gasteiger partial charge on any atom is -0.497 e. The molecule has 4 rings (SSSR count). The van der Waals surface area contributed by atoms with Crippen LogP contribution in [0, 0.1) is 0 Å². The minimum atomic E-state index is -0.668. The van der Waals surface area contributed by atoms with Gasteiger partial charge < -0.3 is 19.7 Å². The first-order valence-electron chi connectivity index (χ1n) is 12.7. The summed E-state index contributed by atoms with van der Waals surface area (Å²) in [5.74, 6) is 0.904. The Kier molecular flexibility index (Phi) is 9.60. The van der Waals surface area contributed by atoms with Crippen LogP contribution in [-0.4, -0.2) is 42.5 Å². The lowest BCUT2D eigenvalue weighted by Gasteiger charge is -2.32. The highest BCUT2D eigenvalue weighted by atomic mass is 79.9. The van der Waals surface area contributed by atoms with Gasteiger partial charge in [-0.1, -0.05) is 71.2 Å². The Morgan fingerprint density at radius 2 is 1.57 bits per heavy atom. The van der Waals surface area contributed by atoms with Gasteiger partial charge in [0.1, 0.15) is 17.5 Å². The minimum absolute atomic E-state index is 0.120. The zero-order valence-electron chi connectivity index (χ0n) is 21.1. The second-order valence-corrected chi connectivity index (χ2v) is 10.2. The van der Waals surface area contributed by atoms with Crippen LogP contribution in [0.4, 0.5) is 0 Å². The number of hydrogen-bond acceptors (Lipinski definition) is 4. The molecule has 3 aromatic rings. The lowest BCUT2D eigenvalue weighted by Crippen LogP contribution is -2.53. The summed E-state index contributed by atoms with van der Waals surface area (Å²) in [5.41, 5.74) is 1.94. The fraction of sp³-hybridized carbons (Fsp3) is 0.333. The quantitative estimate of drug-likeness (QED) is 0.332. The number of benzene rings is 3. The predicted octanol–water partition coefficient (Wildman–Crippen LogP) is 5.54. The molecule has 1 aliphatic carbocycles. The summed E-state index contributed by atoms with van der Waals surface area (Å²) in [6, 6.07) is 24.2. The van der Waals surface area contributed by atoms with Crippen LogP contribution in [0.3, 0.4) is 0 Å². The third-order valence-corrected chi connectivity index (χ3v) is 7.19. The van der Waals surface area contributed by atoms with Crippen molar-refractivity contribution in [3.63, 3.8) is 0 Å². The first kappa shape index (κ1) is 26.7. The van der Waals surface area contributed by atoms with Crippen molar-refractivity contribution >= 4 is 27.7 Å². The average molecular weight is 566 g/mol. The highest BCUT2D eigenvalue weighted by molar-refractivity contribution is 9.10. The van der Waals surface area contributed by atoms with Crippen molar-refractivity contribution in [1.29, 1.82) is 0 Å². The molecule has 1 atom stereocenters. The molecule has 0 unspecified atom stereocenters. The van der Waals surface area contributed by atoms with Gasteiger partial charge in [0.2, 0.25) is 5.91 Å². The summed E-state index contributed by atoms with van der Waals surface area (Å²) in [6.45, 7) is 0.124. The summed E-state index contributed by atoms with van der Waals surface area (Å²) in [4.78, 5) is 29.0. The van der Waals surface area contributed by atoms with Crippen molar-refractivity contribution in [3.8, 4) is 11.5 Å². The van der Waals surface area contributed by atoms with Crippen molar-refractivity contribution < 1.29 is 19.1 Å². The molecule has 3 aromatic carbocycles. The molecule has 0 heterocycles. The molecule has 1 N–H and O–H groups in total. The molecule has 194 valence electrons. The van der Waals surface area contributed by atoms with E-state index < -0.39 is 6.04 Å². The monoisotopic (exact) mass is 564 g/mol. The van der Waals surface area contributed by atoms with Crippen molar-refractivity contribution in [2.24, 2.45) is 0 Å². The third kappa shape index (κ3) is 7.83. The Morgan fingerprint density at radius 3 is 2.22 bits per heavy atom. The standard InChI is InChI=1S/C30H33BrN2O4/c1-36-26-15-17-27(18-16-26)37-21-29(34)33(20-23-11-13-24(31)14-12-23)28(19-22-7-3-2-4-8-22)30(35)32-25-9-5-6-10-25/h2-4,7-8,11-18,25,28H,5-6,9-10,19-21H2,1H3,(H,32,35)/t28-/m1/s1. The van der Waals surface area contributed by atoms with Crippen LogP contribution < -0.4 is 14.8 Å². The first-order valence-corrected chi connectivity index (χ1v) is 13.5. The highest BCUT2D eigenvalue weighted by Gasteiger charge is 2.32. The molecule has 37 heavy (non-hydrogen) atoms. The SMILES string of the molecule is COc1ccc(OCC(=O)N(Cc2ccc(Br)cc2)[C@H](Cc2ccccc2)C(=O)NC2CCCC2)cc1. The van der Waals surface area contributed by atoms with Crippen LogP contribution >= 0.6 is 15.9 Å². The Labute approximate surface area is 227 Å². The number of halogens is 1. The van der Waals surface area contributed by atoms with E-state index in [9.17, 15) is 9.59 Å². The van der Waals surface area contributed by atoms with Crippen molar-refractivity contribution in [3.05, 3.63) is 94.5 Å². The summed E-state index contributed by atoms with van der Waals surface area (Å²) in [6.07, 6.45) is 4.61. The van der Waals surface area contributed by atoms with Crippen molar-refractivity contribution in [2.75, 3.05) is 13.7 Å². The fourth-order valence-electron chi connectivity index (χ4n) is 4.61. The smallest absolute Gasteiger partial charge is 0.261 e. The van der Waals surface area contributed by atoms with Crippen LogP contribution in [0.15, 0.2) is 83.3 Å². The van der Waals surface area contributed by atoms with Gasteiger partial charge in [0.05, 0.1) is 7.11 Å². The van der Waals surface area contributed by atoms with Crippen molar-refractivity contribution in [1.82, 2.24) is 10.2 Å². The second kappa shape index (κ2) is 13.3. The Balaban J connectivity index is 1.58. The number of nitrogens with one attached hydrogen (secondary N) is 1. The predicted molar refractivity (Wildman–Crippen MR) is 148 cm³/mol. The van der Waals surface area contributed by atoms with E-state index in [0.717, 1.165) is 41.3 Å². The number of hydrogen-bond donors (Lipinski definition) is 1. The van der Waals surface area contributed by atoms with Gasteiger partial charge in [-0.2, -0.15) is 0 Å². The van der Waals surface area contributed by atoms with Crippen LogP contribution in [0.5, 0.6) is 11.5 Å². The number of amides is 2. The number of carbonyl (C=O) groups is 2. The van der Waals surface area contributed by atoms with Crippen LogP contribution in [0.1, 0.15) is 36.8 Å². The maximum atomic E-state index is 13.7. The number of ether oxygens (including phenoxy) is 2. The zero-order chi connectivity index (χ0) is 26.0. The first-order chi connectivity index (χ1) is 18.0.